The van der Waals surface area contributed by atoms with Gasteiger partial charge in [-0.05, 0) is 103 Å². The molecule has 0 aromatic heterocycles. The van der Waals surface area contributed by atoms with Gasteiger partial charge < -0.3 is 9.47 Å². The third kappa shape index (κ3) is 6.73. The van der Waals surface area contributed by atoms with Gasteiger partial charge >= 0.3 is 11.9 Å². The molecule has 8 heteroatoms. The summed E-state index contributed by atoms with van der Waals surface area (Å²) in [4.78, 5) is 63.7. The first-order valence-electron chi connectivity index (χ1n) is 23.6. The van der Waals surface area contributed by atoms with Crippen LogP contribution in [-0.4, -0.2) is 60.6 Å². The molecule has 6 aromatic rings. The summed E-state index contributed by atoms with van der Waals surface area (Å²) < 4.78 is 11.7. The van der Waals surface area contributed by atoms with E-state index in [0.29, 0.717) is 31.6 Å². The normalized spacial score (nSPS) is 25.3. The van der Waals surface area contributed by atoms with Crippen molar-refractivity contribution in [3.05, 3.63) is 216 Å². The third-order valence-corrected chi connectivity index (χ3v) is 26.6. The first-order valence-corrected chi connectivity index (χ1v) is 27.5. The van der Waals surface area contributed by atoms with Crippen molar-refractivity contribution in [1.82, 2.24) is 0 Å². The topological polar surface area (TPSA) is 86.7 Å². The maximum Gasteiger partial charge on any atom is 0.341 e. The molecule has 4 aliphatic rings. The standard InChI is InChI=1S/C59H56O6P2/c1-64-56(62)54(66(48-31-17-7-18-32-48)39-21-37-58(66,44-23-9-3-10-24-44)45-25-11-4-12-26-45)52(60)50-42-35-36-43(41-42)51(50)53(61)55(57(63)65-2)67(49-33-19-8-20-34-49)40-22-38-59(67,46-27-13-5-14-28-46)47-29-15-6-16-30-47/h3-20,23-36,42-43,50-51H,21-22,37-41H2,1-2H3. The molecule has 338 valence electrons. The van der Waals surface area contributed by atoms with E-state index in [2.05, 4.69) is 84.9 Å². The summed E-state index contributed by atoms with van der Waals surface area (Å²) in [5, 5.41) is 0.728. The fourth-order valence-corrected chi connectivity index (χ4v) is 25.2. The van der Waals surface area contributed by atoms with Crippen LogP contribution in [-0.2, 0) is 39.0 Å². The van der Waals surface area contributed by atoms with Gasteiger partial charge in [-0.3, -0.25) is 9.59 Å². The van der Waals surface area contributed by atoms with Crippen LogP contribution < -0.4 is 10.6 Å². The fraction of sp³-hybridized carbons (Fsp3) is 0.254. The van der Waals surface area contributed by atoms with Gasteiger partial charge in [0.25, 0.3) is 0 Å². The van der Waals surface area contributed by atoms with Crippen LogP contribution in [0.5, 0.6) is 0 Å². The van der Waals surface area contributed by atoms with E-state index >= 15 is 19.2 Å². The van der Waals surface area contributed by atoms with E-state index in [0.717, 1.165) is 45.7 Å². The van der Waals surface area contributed by atoms with Gasteiger partial charge in [-0.25, -0.2) is 9.59 Å². The van der Waals surface area contributed by atoms with E-state index in [1.54, 1.807) is 0 Å². The summed E-state index contributed by atoms with van der Waals surface area (Å²) in [6.45, 7) is -6.24. The molecule has 3 fully saturated rings. The minimum absolute atomic E-state index is 0.172. The highest BCUT2D eigenvalue weighted by Gasteiger charge is 2.61. The number of fused-ring (bicyclic) bond motifs is 2. The summed E-state index contributed by atoms with van der Waals surface area (Å²) in [5.74, 6) is -4.44. The molecule has 2 heterocycles. The highest BCUT2D eigenvalue weighted by atomic mass is 31.2. The Labute approximate surface area is 394 Å². The SMILES string of the molecule is COC(=O)C(C(=O)C1C2C=CC(C2)C1C(=O)C(C(=O)OC)=P1(c2ccccc2)CCCC1(c1ccccc1)c1ccccc1)=P1(c2ccccc2)CCCC1(c1ccccc1)c1ccccc1. The maximum atomic E-state index is 16.7. The first kappa shape index (κ1) is 44.8. The predicted octanol–water partition coefficient (Wildman–Crippen LogP) is 10.4. The zero-order chi connectivity index (χ0) is 46.2. The van der Waals surface area contributed by atoms with Crippen LogP contribution in [0.15, 0.2) is 194 Å². The highest BCUT2D eigenvalue weighted by molar-refractivity contribution is 7.88. The van der Waals surface area contributed by atoms with Gasteiger partial charge in [-0.1, -0.05) is 194 Å². The molecule has 2 saturated heterocycles. The Balaban J connectivity index is 1.28. The van der Waals surface area contributed by atoms with Crippen LogP contribution in [0.2, 0.25) is 0 Å². The van der Waals surface area contributed by atoms with E-state index in [4.69, 9.17) is 9.47 Å². The van der Waals surface area contributed by atoms with Crippen molar-refractivity contribution in [2.45, 2.75) is 42.4 Å². The second-order valence-corrected chi connectivity index (χ2v) is 26.1. The predicted molar refractivity (Wildman–Crippen MR) is 273 cm³/mol. The average molecular weight is 923 g/mol. The van der Waals surface area contributed by atoms with Crippen molar-refractivity contribution in [2.24, 2.45) is 23.7 Å². The van der Waals surface area contributed by atoms with Gasteiger partial charge in [-0.2, -0.15) is 0 Å². The Hall–Kier alpha value is -6.06. The van der Waals surface area contributed by atoms with Crippen LogP contribution >= 0.6 is 13.8 Å². The monoisotopic (exact) mass is 922 g/mol. The number of rotatable bonds is 12. The van der Waals surface area contributed by atoms with Gasteiger partial charge in [0.05, 0.1) is 14.2 Å². The van der Waals surface area contributed by atoms with Crippen molar-refractivity contribution in [3.8, 4) is 0 Å². The maximum absolute atomic E-state index is 16.7. The van der Waals surface area contributed by atoms with Crippen molar-refractivity contribution >= 4 is 58.5 Å². The van der Waals surface area contributed by atoms with Crippen LogP contribution in [0.1, 0.15) is 54.4 Å². The molecule has 2 aliphatic carbocycles. The molecule has 1 saturated carbocycles. The molecule has 0 radical (unpaired) electrons. The smallest absolute Gasteiger partial charge is 0.341 e. The number of methoxy groups -OCH3 is 2. The quantitative estimate of drug-likeness (QED) is 0.0526. The number of ketones is 2. The van der Waals surface area contributed by atoms with E-state index in [9.17, 15) is 0 Å². The van der Waals surface area contributed by atoms with Gasteiger partial charge in [0.15, 0.2) is 11.6 Å². The van der Waals surface area contributed by atoms with E-state index < -0.39 is 47.9 Å². The van der Waals surface area contributed by atoms with Gasteiger partial charge in [0, 0.05) is 22.1 Å². The lowest BCUT2D eigenvalue weighted by molar-refractivity contribution is -0.136. The molecule has 6 atom stereocenters. The Bertz CT molecular complexity index is 2680. The van der Waals surface area contributed by atoms with E-state index in [1.807, 2.05) is 109 Å². The minimum atomic E-state index is -3.12. The van der Waals surface area contributed by atoms with Gasteiger partial charge in [0.1, 0.15) is 10.6 Å². The first-order chi connectivity index (χ1) is 32.8. The summed E-state index contributed by atoms with van der Waals surface area (Å²) >= 11 is 0. The summed E-state index contributed by atoms with van der Waals surface area (Å²) in [6.07, 6.45) is 8.87. The Morgan fingerprint density at radius 3 is 1.00 bits per heavy atom. The summed E-state index contributed by atoms with van der Waals surface area (Å²) in [7, 11) is 2.74. The Morgan fingerprint density at radius 2 is 0.716 bits per heavy atom. The molecular weight excluding hydrogens is 867 g/mol. The van der Waals surface area contributed by atoms with Crippen LogP contribution in [0.4, 0.5) is 0 Å². The fourth-order valence-electron chi connectivity index (χ4n) is 13.4. The summed E-state index contributed by atoms with van der Waals surface area (Å²) in [6, 6.07) is 61.7. The minimum Gasteiger partial charge on any atom is -0.465 e. The molecule has 10 rings (SSSR count). The number of allylic oxidation sites excluding steroid dienone is 2. The second kappa shape index (κ2) is 18.2. The molecule has 0 spiro atoms. The number of carbonyl (C=O) groups excluding carboxylic acids is 4. The number of hydrogen-bond donors (Lipinski definition) is 0. The van der Waals surface area contributed by atoms with E-state index in [1.165, 1.54) is 14.2 Å². The number of ether oxygens (including phenoxy) is 2. The number of Topliss-reactive ketones (excluding diaryl/α,β-unsaturated/α-hetero) is 2. The van der Waals surface area contributed by atoms with Gasteiger partial charge in [-0.15, -0.1) is 0 Å². The lowest BCUT2D eigenvalue weighted by atomic mass is 9.76. The number of benzene rings is 6. The average Bonchev–Trinajstić information content (AvgIpc) is 4.21. The van der Waals surface area contributed by atoms with Crippen LogP contribution in [0.25, 0.3) is 0 Å². The lowest BCUT2D eigenvalue weighted by Gasteiger charge is -2.45. The van der Waals surface area contributed by atoms with Crippen LogP contribution in [0, 0.1) is 23.7 Å². The molecule has 2 bridgehead atoms. The zero-order valence-electron chi connectivity index (χ0n) is 38.1. The molecular formula is C59H56O6P2. The third-order valence-electron chi connectivity index (χ3n) is 15.8. The van der Waals surface area contributed by atoms with Crippen molar-refractivity contribution in [3.63, 3.8) is 0 Å². The molecule has 0 N–H and O–H groups in total. The zero-order valence-corrected chi connectivity index (χ0v) is 39.9. The molecule has 0 amide bonds. The van der Waals surface area contributed by atoms with Crippen molar-refractivity contribution < 1.29 is 28.7 Å². The molecule has 6 aromatic carbocycles. The molecule has 2 aliphatic heterocycles. The molecule has 6 unspecified atom stereocenters. The van der Waals surface area contributed by atoms with Crippen molar-refractivity contribution in [2.75, 3.05) is 26.5 Å². The largest absolute Gasteiger partial charge is 0.465 e. The number of esters is 2. The molecule has 6 nitrogen and oxygen atoms in total. The Morgan fingerprint density at radius 1 is 0.433 bits per heavy atom. The molecule has 67 heavy (non-hydrogen) atoms. The second-order valence-electron chi connectivity index (χ2n) is 18.5. The van der Waals surface area contributed by atoms with Crippen molar-refractivity contribution in [1.29, 1.82) is 0 Å². The lowest BCUT2D eigenvalue weighted by Crippen LogP contribution is -2.47. The highest BCUT2D eigenvalue weighted by Crippen LogP contribution is 2.76. The van der Waals surface area contributed by atoms with E-state index in [-0.39, 0.29) is 34.0 Å². The van der Waals surface area contributed by atoms with Crippen LogP contribution in [0.3, 0.4) is 0 Å². The number of carbonyl (C=O) groups is 4. The summed E-state index contributed by atoms with van der Waals surface area (Å²) in [5.41, 5.74) is 4.17. The Kier molecular flexibility index (Phi) is 12.2. The van der Waals surface area contributed by atoms with Gasteiger partial charge in [0.2, 0.25) is 0 Å². The number of hydrogen-bond acceptors (Lipinski definition) is 6.